The summed E-state index contributed by atoms with van der Waals surface area (Å²) in [6.07, 6.45) is 15.7. The lowest BCUT2D eigenvalue weighted by molar-refractivity contribution is 0.107. The molecule has 0 N–H and O–H groups in total. The molecule has 5 nitrogen and oxygen atoms in total. The number of benzene rings is 3. The van der Waals surface area contributed by atoms with Gasteiger partial charge < -0.3 is 14.4 Å². The van der Waals surface area contributed by atoms with Crippen LogP contribution >= 0.6 is 0 Å². The van der Waals surface area contributed by atoms with E-state index in [9.17, 15) is 5.26 Å². The van der Waals surface area contributed by atoms with Gasteiger partial charge in [0.2, 0.25) is 0 Å². The second-order valence-corrected chi connectivity index (χ2v) is 13.4. The standard InChI is InChI=1S/C42H59N3O2/c1-4-5-6-7-8-9-10-11-12-19-27-42(35-43,38-25-26-39(46-2)40(34-38)47-3)28-20-29-44-30-32-45(33-31-44)41(36-21-15-13-16-22-36)37-23-17-14-18-24-37/h13-18,21-26,34,41H,4-12,19-20,27-33H2,1-3H3. The van der Waals surface area contributed by atoms with Gasteiger partial charge in [0.1, 0.15) is 0 Å². The Morgan fingerprint density at radius 2 is 1.19 bits per heavy atom. The summed E-state index contributed by atoms with van der Waals surface area (Å²) in [5.74, 6) is 1.42. The summed E-state index contributed by atoms with van der Waals surface area (Å²) in [4.78, 5) is 5.23. The zero-order valence-corrected chi connectivity index (χ0v) is 29.5. The largest absolute Gasteiger partial charge is 0.493 e. The SMILES string of the molecule is CCCCCCCCCCCCC(C#N)(CCCN1CCN(C(c2ccccc2)c2ccccc2)CC1)c1ccc(OC)c(OC)c1. The molecule has 47 heavy (non-hydrogen) atoms. The van der Waals surface area contributed by atoms with Crippen LogP contribution in [-0.4, -0.2) is 56.7 Å². The Morgan fingerprint density at radius 1 is 0.660 bits per heavy atom. The van der Waals surface area contributed by atoms with Crippen molar-refractivity contribution >= 4 is 0 Å². The molecule has 1 aliphatic heterocycles. The first-order chi connectivity index (χ1) is 23.1. The van der Waals surface area contributed by atoms with Crippen molar-refractivity contribution in [1.29, 1.82) is 5.26 Å². The van der Waals surface area contributed by atoms with Crippen LogP contribution in [0, 0.1) is 11.3 Å². The Hall–Kier alpha value is -3.33. The van der Waals surface area contributed by atoms with Gasteiger partial charge in [-0.3, -0.25) is 4.90 Å². The van der Waals surface area contributed by atoms with Crippen LogP contribution in [-0.2, 0) is 5.41 Å². The van der Waals surface area contributed by atoms with Gasteiger partial charge in [0.25, 0.3) is 0 Å². The van der Waals surface area contributed by atoms with E-state index >= 15 is 0 Å². The molecule has 4 rings (SSSR count). The number of unbranched alkanes of at least 4 members (excludes halogenated alkanes) is 9. The van der Waals surface area contributed by atoms with Crippen molar-refractivity contribution in [2.45, 2.75) is 102 Å². The fraction of sp³-hybridized carbons (Fsp3) is 0.548. The maximum Gasteiger partial charge on any atom is 0.161 e. The van der Waals surface area contributed by atoms with Crippen LogP contribution in [0.25, 0.3) is 0 Å². The quantitative estimate of drug-likeness (QED) is 0.109. The molecule has 1 atom stereocenters. The average molecular weight is 638 g/mol. The van der Waals surface area contributed by atoms with Crippen molar-refractivity contribution in [1.82, 2.24) is 9.80 Å². The minimum atomic E-state index is -0.521. The predicted molar refractivity (Wildman–Crippen MR) is 195 cm³/mol. The highest BCUT2D eigenvalue weighted by molar-refractivity contribution is 5.47. The molecule has 1 unspecified atom stereocenters. The molecular weight excluding hydrogens is 578 g/mol. The van der Waals surface area contributed by atoms with Gasteiger partial charge in [-0.05, 0) is 54.6 Å². The van der Waals surface area contributed by atoms with E-state index in [2.05, 4.69) is 89.5 Å². The van der Waals surface area contributed by atoms with Crippen LogP contribution in [0.5, 0.6) is 11.5 Å². The number of hydrogen-bond donors (Lipinski definition) is 0. The molecule has 0 aromatic heterocycles. The number of methoxy groups -OCH3 is 2. The van der Waals surface area contributed by atoms with Crippen LogP contribution in [0.3, 0.4) is 0 Å². The van der Waals surface area contributed by atoms with Gasteiger partial charge in [0.15, 0.2) is 11.5 Å². The first-order valence-corrected chi connectivity index (χ1v) is 18.3. The Bertz CT molecular complexity index is 1280. The van der Waals surface area contributed by atoms with Crippen LogP contribution in [0.15, 0.2) is 78.9 Å². The molecule has 1 saturated heterocycles. The van der Waals surface area contributed by atoms with E-state index in [0.29, 0.717) is 11.5 Å². The Labute approximate surface area is 285 Å². The summed E-state index contributed by atoms with van der Waals surface area (Å²) in [7, 11) is 3.35. The van der Waals surface area contributed by atoms with Gasteiger partial charge in [-0.2, -0.15) is 5.26 Å². The van der Waals surface area contributed by atoms with E-state index in [1.165, 1.54) is 68.9 Å². The summed E-state index contributed by atoms with van der Waals surface area (Å²) in [5.41, 5.74) is 3.25. The molecule has 0 amide bonds. The topological polar surface area (TPSA) is 48.7 Å². The summed E-state index contributed by atoms with van der Waals surface area (Å²) in [6.45, 7) is 7.45. The number of rotatable bonds is 21. The van der Waals surface area contributed by atoms with Crippen molar-refractivity contribution in [3.63, 3.8) is 0 Å². The van der Waals surface area contributed by atoms with Crippen LogP contribution in [0.4, 0.5) is 0 Å². The van der Waals surface area contributed by atoms with Crippen molar-refractivity contribution in [2.24, 2.45) is 0 Å². The summed E-state index contributed by atoms with van der Waals surface area (Å²) in [5, 5.41) is 10.8. The van der Waals surface area contributed by atoms with E-state index in [-0.39, 0.29) is 6.04 Å². The molecule has 1 aliphatic rings. The van der Waals surface area contributed by atoms with Crippen molar-refractivity contribution in [3.8, 4) is 17.6 Å². The molecule has 3 aromatic rings. The smallest absolute Gasteiger partial charge is 0.161 e. The van der Waals surface area contributed by atoms with Crippen LogP contribution in [0.1, 0.15) is 113 Å². The molecule has 0 radical (unpaired) electrons. The molecule has 5 heteroatoms. The Morgan fingerprint density at radius 3 is 1.72 bits per heavy atom. The monoisotopic (exact) mass is 637 g/mol. The first kappa shape index (κ1) is 36.5. The lowest BCUT2D eigenvalue weighted by atomic mass is 9.74. The minimum absolute atomic E-state index is 0.275. The fourth-order valence-corrected chi connectivity index (χ4v) is 7.37. The highest BCUT2D eigenvalue weighted by atomic mass is 16.5. The molecular formula is C42H59N3O2. The van der Waals surface area contributed by atoms with Crippen LogP contribution < -0.4 is 9.47 Å². The van der Waals surface area contributed by atoms with E-state index in [1.807, 2.05) is 12.1 Å². The second-order valence-electron chi connectivity index (χ2n) is 13.4. The molecule has 0 spiro atoms. The third kappa shape index (κ3) is 10.8. The number of hydrogen-bond acceptors (Lipinski definition) is 5. The highest BCUT2D eigenvalue weighted by Gasteiger charge is 2.33. The van der Waals surface area contributed by atoms with Gasteiger partial charge in [-0.1, -0.05) is 138 Å². The first-order valence-electron chi connectivity index (χ1n) is 18.3. The Kier molecular flexibility index (Phi) is 15.6. The normalized spacial score (nSPS) is 15.3. The van der Waals surface area contributed by atoms with Crippen molar-refractivity contribution in [2.75, 3.05) is 46.9 Å². The highest BCUT2D eigenvalue weighted by Crippen LogP contribution is 2.39. The van der Waals surface area contributed by atoms with Gasteiger partial charge in [0.05, 0.1) is 31.7 Å². The lowest BCUT2D eigenvalue weighted by Gasteiger charge is -2.40. The number of piperazine rings is 1. The zero-order valence-electron chi connectivity index (χ0n) is 29.5. The molecule has 3 aromatic carbocycles. The van der Waals surface area contributed by atoms with E-state index in [0.717, 1.165) is 64.0 Å². The van der Waals surface area contributed by atoms with Gasteiger partial charge in [0, 0.05) is 26.2 Å². The second kappa shape index (κ2) is 20.1. The van der Waals surface area contributed by atoms with Gasteiger partial charge in [-0.25, -0.2) is 0 Å². The molecule has 0 bridgehead atoms. The summed E-state index contributed by atoms with van der Waals surface area (Å²) >= 11 is 0. The van der Waals surface area contributed by atoms with Gasteiger partial charge in [-0.15, -0.1) is 0 Å². The van der Waals surface area contributed by atoms with Crippen LogP contribution in [0.2, 0.25) is 0 Å². The van der Waals surface area contributed by atoms with Gasteiger partial charge >= 0.3 is 0 Å². The number of nitriles is 1. The maximum absolute atomic E-state index is 10.8. The van der Waals surface area contributed by atoms with E-state index < -0.39 is 5.41 Å². The molecule has 254 valence electrons. The predicted octanol–water partition coefficient (Wildman–Crippen LogP) is 9.96. The average Bonchev–Trinajstić information content (AvgIpc) is 3.13. The van der Waals surface area contributed by atoms with Crippen molar-refractivity contribution < 1.29 is 9.47 Å². The molecule has 1 heterocycles. The fourth-order valence-electron chi connectivity index (χ4n) is 7.37. The zero-order chi connectivity index (χ0) is 33.2. The lowest BCUT2D eigenvalue weighted by Crippen LogP contribution is -2.48. The van der Waals surface area contributed by atoms with Crippen molar-refractivity contribution in [3.05, 3.63) is 95.6 Å². The Balaban J connectivity index is 1.34. The maximum atomic E-state index is 10.8. The molecule has 0 aliphatic carbocycles. The minimum Gasteiger partial charge on any atom is -0.493 e. The van der Waals surface area contributed by atoms with E-state index in [1.54, 1.807) is 14.2 Å². The summed E-state index contributed by atoms with van der Waals surface area (Å²) in [6, 6.07) is 31.0. The number of ether oxygens (including phenoxy) is 2. The van der Waals surface area contributed by atoms with E-state index in [4.69, 9.17) is 9.47 Å². The third-order valence-corrected chi connectivity index (χ3v) is 10.2. The summed E-state index contributed by atoms with van der Waals surface area (Å²) < 4.78 is 11.2. The molecule has 0 saturated carbocycles. The third-order valence-electron chi connectivity index (χ3n) is 10.2. The number of nitrogens with zero attached hydrogens (tertiary/aromatic N) is 3. The molecule has 1 fully saturated rings.